The minimum Gasteiger partial charge on any atom is -0.335 e. The Hall–Kier alpha value is -2.25. The minimum atomic E-state index is -4.46. The van der Waals surface area contributed by atoms with E-state index in [-0.39, 0.29) is 5.95 Å². The molecule has 0 saturated heterocycles. The summed E-state index contributed by atoms with van der Waals surface area (Å²) in [6.07, 6.45) is 0.478. The Bertz CT molecular complexity index is 628. The fourth-order valence-electron chi connectivity index (χ4n) is 2.08. The number of hydrogen-bond donors (Lipinski definition) is 0. The summed E-state index contributed by atoms with van der Waals surface area (Å²) in [7, 11) is 0. The van der Waals surface area contributed by atoms with Crippen LogP contribution in [0.5, 0.6) is 0 Å². The zero-order chi connectivity index (χ0) is 14.2. The van der Waals surface area contributed by atoms with Crippen LogP contribution in [0.25, 0.3) is 0 Å². The van der Waals surface area contributed by atoms with Crippen LogP contribution in [-0.2, 0) is 19.1 Å². The van der Waals surface area contributed by atoms with Crippen LogP contribution in [0.3, 0.4) is 0 Å². The summed E-state index contributed by atoms with van der Waals surface area (Å²) in [4.78, 5) is 17.3. The number of rotatable bonds is 1. The molecule has 3 rings (SSSR count). The molecule has 8 heteroatoms. The van der Waals surface area contributed by atoms with E-state index in [4.69, 9.17) is 0 Å². The molecule has 2 aromatic heterocycles. The topological polar surface area (TPSA) is 54.8 Å². The first-order chi connectivity index (χ1) is 9.54. The molecule has 20 heavy (non-hydrogen) atoms. The third kappa shape index (κ3) is 2.40. The van der Waals surface area contributed by atoms with Crippen molar-refractivity contribution in [3.63, 3.8) is 0 Å². The number of hydrogen-bond acceptors (Lipinski definition) is 5. The molecular weight excluding hydrogens is 271 g/mol. The van der Waals surface area contributed by atoms with E-state index in [1.54, 1.807) is 11.1 Å². The molecule has 1 aliphatic rings. The number of anilines is 1. The van der Waals surface area contributed by atoms with Gasteiger partial charge in [-0.2, -0.15) is 13.2 Å². The standard InChI is InChI=1S/C12H10F3N5/c13-12(14,15)10-1-3-17-11(19-10)20-4-2-8-5-16-7-18-9(8)6-20/h1,3,5,7H,2,4,6H2. The Morgan fingerprint density at radius 2 is 2.05 bits per heavy atom. The van der Waals surface area contributed by atoms with Crippen LogP contribution in [0, 0.1) is 0 Å². The molecule has 1 aliphatic heterocycles. The number of nitrogens with zero attached hydrogens (tertiary/aromatic N) is 5. The molecule has 0 aliphatic carbocycles. The molecule has 5 nitrogen and oxygen atoms in total. The van der Waals surface area contributed by atoms with Gasteiger partial charge < -0.3 is 4.90 Å². The highest BCUT2D eigenvalue weighted by Crippen LogP contribution is 2.29. The van der Waals surface area contributed by atoms with Gasteiger partial charge in [-0.1, -0.05) is 0 Å². The minimum absolute atomic E-state index is 0.0732. The molecule has 0 saturated carbocycles. The molecule has 104 valence electrons. The fourth-order valence-corrected chi connectivity index (χ4v) is 2.08. The highest BCUT2D eigenvalue weighted by atomic mass is 19.4. The molecule has 0 spiro atoms. The quantitative estimate of drug-likeness (QED) is 0.798. The Kier molecular flexibility index (Phi) is 3.00. The molecule has 0 amide bonds. The zero-order valence-electron chi connectivity index (χ0n) is 10.3. The average molecular weight is 281 g/mol. The van der Waals surface area contributed by atoms with Crippen molar-refractivity contribution in [3.8, 4) is 0 Å². The Balaban J connectivity index is 1.88. The normalized spacial score (nSPS) is 15.1. The zero-order valence-corrected chi connectivity index (χ0v) is 10.3. The van der Waals surface area contributed by atoms with E-state index in [0.29, 0.717) is 19.5 Å². The first-order valence-corrected chi connectivity index (χ1v) is 5.97. The number of aromatic nitrogens is 4. The molecule has 0 unspecified atom stereocenters. The second-order valence-electron chi connectivity index (χ2n) is 4.41. The number of fused-ring (bicyclic) bond motifs is 1. The SMILES string of the molecule is FC(F)(F)c1ccnc(N2CCc3cncnc3C2)n1. The summed E-state index contributed by atoms with van der Waals surface area (Å²) in [5.41, 5.74) is 0.874. The largest absolute Gasteiger partial charge is 0.433 e. The molecule has 0 radical (unpaired) electrons. The maximum atomic E-state index is 12.6. The maximum absolute atomic E-state index is 12.6. The molecule has 3 heterocycles. The first-order valence-electron chi connectivity index (χ1n) is 5.97. The summed E-state index contributed by atoms with van der Waals surface area (Å²) >= 11 is 0. The lowest BCUT2D eigenvalue weighted by atomic mass is 10.1. The number of alkyl halides is 3. The van der Waals surface area contributed by atoms with E-state index in [1.165, 1.54) is 6.33 Å². The molecule has 0 N–H and O–H groups in total. The van der Waals surface area contributed by atoms with Crippen molar-refractivity contribution in [3.05, 3.63) is 41.7 Å². The van der Waals surface area contributed by atoms with Gasteiger partial charge in [-0.05, 0) is 18.1 Å². The molecule has 0 fully saturated rings. The van der Waals surface area contributed by atoms with Crippen LogP contribution in [-0.4, -0.2) is 26.5 Å². The molecule has 2 aromatic rings. The van der Waals surface area contributed by atoms with Gasteiger partial charge in [0, 0.05) is 18.9 Å². The molecule has 0 aromatic carbocycles. The van der Waals surface area contributed by atoms with Crippen LogP contribution in [0.2, 0.25) is 0 Å². The monoisotopic (exact) mass is 281 g/mol. The third-order valence-corrected chi connectivity index (χ3v) is 3.09. The highest BCUT2D eigenvalue weighted by Gasteiger charge is 2.33. The fraction of sp³-hybridized carbons (Fsp3) is 0.333. The second kappa shape index (κ2) is 4.69. The lowest BCUT2D eigenvalue weighted by molar-refractivity contribution is -0.141. The van der Waals surface area contributed by atoms with Crippen molar-refractivity contribution < 1.29 is 13.2 Å². The van der Waals surface area contributed by atoms with Crippen LogP contribution in [0.4, 0.5) is 19.1 Å². The van der Waals surface area contributed by atoms with E-state index < -0.39 is 11.9 Å². The van der Waals surface area contributed by atoms with Crippen molar-refractivity contribution >= 4 is 5.95 Å². The van der Waals surface area contributed by atoms with Crippen molar-refractivity contribution in [2.75, 3.05) is 11.4 Å². The van der Waals surface area contributed by atoms with Gasteiger partial charge in [0.15, 0.2) is 0 Å². The van der Waals surface area contributed by atoms with Gasteiger partial charge in [-0.15, -0.1) is 0 Å². The Morgan fingerprint density at radius 1 is 1.20 bits per heavy atom. The van der Waals surface area contributed by atoms with Crippen molar-refractivity contribution in [2.45, 2.75) is 19.1 Å². The second-order valence-corrected chi connectivity index (χ2v) is 4.41. The summed E-state index contributed by atoms with van der Waals surface area (Å²) in [5, 5.41) is 0. The van der Waals surface area contributed by atoms with Gasteiger partial charge in [0.2, 0.25) is 5.95 Å². The van der Waals surface area contributed by atoms with Gasteiger partial charge in [0.25, 0.3) is 0 Å². The summed E-state index contributed by atoms with van der Waals surface area (Å²) in [6, 6.07) is 0.865. The van der Waals surface area contributed by atoms with E-state index in [9.17, 15) is 13.2 Å². The summed E-state index contributed by atoms with van der Waals surface area (Å²) in [6.45, 7) is 0.931. The predicted molar refractivity (Wildman–Crippen MR) is 63.8 cm³/mol. The smallest absolute Gasteiger partial charge is 0.335 e. The molecular formula is C12H10F3N5. The Morgan fingerprint density at radius 3 is 2.85 bits per heavy atom. The van der Waals surface area contributed by atoms with Crippen LogP contribution in [0.1, 0.15) is 17.0 Å². The van der Waals surface area contributed by atoms with E-state index in [1.807, 2.05) is 0 Å². The van der Waals surface area contributed by atoms with Crippen LogP contribution >= 0.6 is 0 Å². The first kappa shape index (κ1) is 12.8. The summed E-state index contributed by atoms with van der Waals surface area (Å²) < 4.78 is 37.9. The van der Waals surface area contributed by atoms with Gasteiger partial charge >= 0.3 is 6.18 Å². The van der Waals surface area contributed by atoms with Gasteiger partial charge in [0.1, 0.15) is 12.0 Å². The lowest BCUT2D eigenvalue weighted by Crippen LogP contribution is -2.33. The Labute approximate surface area is 112 Å². The average Bonchev–Trinajstić information content (AvgIpc) is 2.46. The van der Waals surface area contributed by atoms with Crippen molar-refractivity contribution in [1.29, 1.82) is 0 Å². The maximum Gasteiger partial charge on any atom is 0.433 e. The third-order valence-electron chi connectivity index (χ3n) is 3.09. The van der Waals surface area contributed by atoms with E-state index >= 15 is 0 Å². The van der Waals surface area contributed by atoms with Crippen LogP contribution < -0.4 is 4.90 Å². The van der Waals surface area contributed by atoms with Gasteiger partial charge in [0.05, 0.1) is 12.2 Å². The van der Waals surface area contributed by atoms with Gasteiger partial charge in [-0.3, -0.25) is 0 Å². The van der Waals surface area contributed by atoms with E-state index in [0.717, 1.165) is 23.5 Å². The predicted octanol–water partition coefficient (Wildman–Crippen LogP) is 1.85. The molecule has 0 atom stereocenters. The highest BCUT2D eigenvalue weighted by molar-refractivity contribution is 5.36. The number of halogens is 3. The van der Waals surface area contributed by atoms with Gasteiger partial charge in [-0.25, -0.2) is 19.9 Å². The van der Waals surface area contributed by atoms with E-state index in [2.05, 4.69) is 19.9 Å². The van der Waals surface area contributed by atoms with Crippen LogP contribution in [0.15, 0.2) is 24.8 Å². The molecule has 0 bridgehead atoms. The van der Waals surface area contributed by atoms with Crippen molar-refractivity contribution in [1.82, 2.24) is 19.9 Å². The summed E-state index contributed by atoms with van der Waals surface area (Å²) in [5.74, 6) is 0.0732. The lowest BCUT2D eigenvalue weighted by Gasteiger charge is -2.27. The van der Waals surface area contributed by atoms with Crippen molar-refractivity contribution in [2.24, 2.45) is 0 Å².